The van der Waals surface area contributed by atoms with Crippen LogP contribution < -0.4 is 5.32 Å². The predicted octanol–water partition coefficient (Wildman–Crippen LogP) is 2.15. The molecule has 0 unspecified atom stereocenters. The molecule has 78 valence electrons. The second-order valence-corrected chi connectivity index (χ2v) is 3.65. The highest BCUT2D eigenvalue weighted by Crippen LogP contribution is 2.18. The Kier molecular flexibility index (Phi) is 4.51. The summed E-state index contributed by atoms with van der Waals surface area (Å²) < 4.78 is 0. The van der Waals surface area contributed by atoms with Crippen LogP contribution in [0.4, 0.5) is 5.69 Å². The van der Waals surface area contributed by atoms with Crippen LogP contribution in [0, 0.1) is 10.7 Å². The standard InChI is InChI=1S/C10H10N2O2S/c11-7-15-9-3-1-8(2-4-9)12-6-5-10(13)14/h1-4,12H,5-6H2,(H,13,14). The van der Waals surface area contributed by atoms with Crippen LogP contribution in [0.1, 0.15) is 6.42 Å². The molecular weight excluding hydrogens is 212 g/mol. The highest BCUT2D eigenvalue weighted by Gasteiger charge is 1.97. The number of carboxylic acids is 1. The molecule has 0 heterocycles. The van der Waals surface area contributed by atoms with Crippen LogP contribution in [0.3, 0.4) is 0 Å². The van der Waals surface area contributed by atoms with Crippen molar-refractivity contribution in [1.82, 2.24) is 0 Å². The molecule has 1 rings (SSSR count). The van der Waals surface area contributed by atoms with Gasteiger partial charge in [0.1, 0.15) is 5.40 Å². The number of nitrogens with zero attached hydrogens (tertiary/aromatic N) is 1. The zero-order chi connectivity index (χ0) is 11.1. The summed E-state index contributed by atoms with van der Waals surface area (Å²) in [6, 6.07) is 7.27. The van der Waals surface area contributed by atoms with Crippen molar-refractivity contribution in [3.8, 4) is 5.40 Å². The second-order valence-electron chi connectivity index (χ2n) is 2.79. The first-order valence-corrected chi connectivity index (χ1v) is 5.15. The predicted molar refractivity (Wildman–Crippen MR) is 58.7 cm³/mol. The number of hydrogen-bond donors (Lipinski definition) is 2. The Labute approximate surface area is 91.9 Å². The average molecular weight is 222 g/mol. The molecule has 0 saturated carbocycles. The average Bonchev–Trinajstić information content (AvgIpc) is 2.20. The third-order valence-electron chi connectivity index (χ3n) is 1.69. The van der Waals surface area contributed by atoms with E-state index < -0.39 is 5.97 Å². The number of carboxylic acid groups (broad SMARTS) is 1. The van der Waals surface area contributed by atoms with Crippen LogP contribution in [0.25, 0.3) is 0 Å². The molecular formula is C10H10N2O2S. The second kappa shape index (κ2) is 5.94. The van der Waals surface area contributed by atoms with E-state index in [4.69, 9.17) is 10.4 Å². The minimum Gasteiger partial charge on any atom is -0.481 e. The van der Waals surface area contributed by atoms with Crippen molar-refractivity contribution in [3.63, 3.8) is 0 Å². The van der Waals surface area contributed by atoms with E-state index in [2.05, 4.69) is 5.32 Å². The maximum atomic E-state index is 10.2. The van der Waals surface area contributed by atoms with Crippen LogP contribution in [0.5, 0.6) is 0 Å². The zero-order valence-corrected chi connectivity index (χ0v) is 8.75. The van der Waals surface area contributed by atoms with Gasteiger partial charge < -0.3 is 10.4 Å². The van der Waals surface area contributed by atoms with Crippen LogP contribution >= 0.6 is 11.8 Å². The lowest BCUT2D eigenvalue weighted by atomic mass is 10.3. The normalized spacial score (nSPS) is 9.27. The van der Waals surface area contributed by atoms with Crippen molar-refractivity contribution in [2.24, 2.45) is 0 Å². The minimum absolute atomic E-state index is 0.0920. The Morgan fingerprint density at radius 2 is 2.13 bits per heavy atom. The molecule has 0 aliphatic carbocycles. The van der Waals surface area contributed by atoms with Crippen molar-refractivity contribution in [1.29, 1.82) is 5.26 Å². The van der Waals surface area contributed by atoms with E-state index >= 15 is 0 Å². The molecule has 0 radical (unpaired) electrons. The van der Waals surface area contributed by atoms with E-state index in [1.54, 1.807) is 0 Å². The molecule has 0 amide bonds. The Hall–Kier alpha value is -1.67. The number of carbonyl (C=O) groups is 1. The molecule has 2 N–H and O–H groups in total. The van der Waals surface area contributed by atoms with E-state index in [-0.39, 0.29) is 6.42 Å². The monoisotopic (exact) mass is 222 g/mol. The Balaban J connectivity index is 2.43. The van der Waals surface area contributed by atoms with Gasteiger partial charge in [-0.3, -0.25) is 4.79 Å². The van der Waals surface area contributed by atoms with Gasteiger partial charge in [-0.05, 0) is 36.0 Å². The first kappa shape index (κ1) is 11.4. The lowest BCUT2D eigenvalue weighted by Crippen LogP contribution is -2.07. The molecule has 0 spiro atoms. The molecule has 0 aliphatic rings. The molecule has 0 bridgehead atoms. The number of thiocyanates is 1. The van der Waals surface area contributed by atoms with E-state index in [1.165, 1.54) is 0 Å². The fourth-order valence-corrected chi connectivity index (χ4v) is 1.38. The number of hydrogen-bond acceptors (Lipinski definition) is 4. The van der Waals surface area contributed by atoms with Gasteiger partial charge in [-0.15, -0.1) is 0 Å². The molecule has 0 fully saturated rings. The van der Waals surface area contributed by atoms with Gasteiger partial charge >= 0.3 is 5.97 Å². The summed E-state index contributed by atoms with van der Waals surface area (Å²) in [5.41, 5.74) is 0.860. The first-order chi connectivity index (χ1) is 7.22. The van der Waals surface area contributed by atoms with E-state index in [9.17, 15) is 4.79 Å². The molecule has 0 atom stereocenters. The van der Waals surface area contributed by atoms with Gasteiger partial charge in [-0.2, -0.15) is 5.26 Å². The topological polar surface area (TPSA) is 73.1 Å². The number of benzene rings is 1. The Morgan fingerprint density at radius 3 is 2.67 bits per heavy atom. The van der Waals surface area contributed by atoms with Gasteiger partial charge in [-0.25, -0.2) is 0 Å². The SMILES string of the molecule is N#CSc1ccc(NCCC(=O)O)cc1. The van der Waals surface area contributed by atoms with E-state index in [0.717, 1.165) is 22.3 Å². The smallest absolute Gasteiger partial charge is 0.305 e. The molecule has 15 heavy (non-hydrogen) atoms. The number of nitrogens with one attached hydrogen (secondary N) is 1. The number of aliphatic carboxylic acids is 1. The highest BCUT2D eigenvalue weighted by molar-refractivity contribution is 8.03. The van der Waals surface area contributed by atoms with Crippen molar-refractivity contribution in [2.45, 2.75) is 11.3 Å². The van der Waals surface area contributed by atoms with Gasteiger partial charge in [0.25, 0.3) is 0 Å². The number of thioether (sulfide) groups is 1. The third kappa shape index (κ3) is 4.38. The van der Waals surface area contributed by atoms with E-state index in [0.29, 0.717) is 6.54 Å². The maximum absolute atomic E-state index is 10.2. The summed E-state index contributed by atoms with van der Waals surface area (Å²) in [6.45, 7) is 0.403. The lowest BCUT2D eigenvalue weighted by Gasteiger charge is -2.04. The highest BCUT2D eigenvalue weighted by atomic mass is 32.2. The Bertz CT molecular complexity index is 370. The molecule has 4 nitrogen and oxygen atoms in total. The molecule has 5 heteroatoms. The third-order valence-corrected chi connectivity index (χ3v) is 2.28. The molecule has 0 aliphatic heterocycles. The summed E-state index contributed by atoms with van der Waals surface area (Å²) in [7, 11) is 0. The summed E-state index contributed by atoms with van der Waals surface area (Å²) >= 11 is 1.10. The molecule has 1 aromatic rings. The van der Waals surface area contributed by atoms with Crippen molar-refractivity contribution in [2.75, 3.05) is 11.9 Å². The summed E-state index contributed by atoms with van der Waals surface area (Å²) in [6.07, 6.45) is 0.0920. The van der Waals surface area contributed by atoms with Gasteiger partial charge in [-0.1, -0.05) is 0 Å². The Morgan fingerprint density at radius 1 is 1.47 bits per heavy atom. The maximum Gasteiger partial charge on any atom is 0.305 e. The van der Waals surface area contributed by atoms with Crippen LogP contribution in [0.2, 0.25) is 0 Å². The molecule has 0 aromatic heterocycles. The minimum atomic E-state index is -0.820. The quantitative estimate of drug-likeness (QED) is 0.590. The van der Waals surface area contributed by atoms with Crippen molar-refractivity contribution >= 4 is 23.4 Å². The number of anilines is 1. The van der Waals surface area contributed by atoms with Gasteiger partial charge in [0.2, 0.25) is 0 Å². The van der Waals surface area contributed by atoms with Crippen LogP contribution in [-0.4, -0.2) is 17.6 Å². The molecule has 0 saturated heterocycles. The van der Waals surface area contributed by atoms with Crippen molar-refractivity contribution in [3.05, 3.63) is 24.3 Å². The van der Waals surface area contributed by atoms with Crippen molar-refractivity contribution < 1.29 is 9.90 Å². The fraction of sp³-hybridized carbons (Fsp3) is 0.200. The molecule has 1 aromatic carbocycles. The summed E-state index contributed by atoms with van der Waals surface area (Å²) in [5.74, 6) is -0.820. The van der Waals surface area contributed by atoms with Gasteiger partial charge in [0, 0.05) is 17.1 Å². The van der Waals surface area contributed by atoms with Crippen LogP contribution in [0.15, 0.2) is 29.2 Å². The summed E-state index contributed by atoms with van der Waals surface area (Å²) in [5, 5.41) is 21.8. The summed E-state index contributed by atoms with van der Waals surface area (Å²) in [4.78, 5) is 11.1. The number of nitriles is 1. The largest absolute Gasteiger partial charge is 0.481 e. The van der Waals surface area contributed by atoms with Crippen LogP contribution in [-0.2, 0) is 4.79 Å². The number of rotatable bonds is 5. The zero-order valence-electron chi connectivity index (χ0n) is 7.93. The van der Waals surface area contributed by atoms with Gasteiger partial charge in [0.05, 0.1) is 6.42 Å². The first-order valence-electron chi connectivity index (χ1n) is 4.34. The fourth-order valence-electron chi connectivity index (χ4n) is 1.01. The van der Waals surface area contributed by atoms with E-state index in [1.807, 2.05) is 29.7 Å². The lowest BCUT2D eigenvalue weighted by molar-refractivity contribution is -0.136. The van der Waals surface area contributed by atoms with Gasteiger partial charge in [0.15, 0.2) is 0 Å².